The van der Waals surface area contributed by atoms with Crippen molar-refractivity contribution in [2.45, 2.75) is 95.9 Å². The van der Waals surface area contributed by atoms with Crippen LogP contribution in [-0.2, 0) is 27.4 Å². The maximum absolute atomic E-state index is 12.4. The van der Waals surface area contributed by atoms with Crippen LogP contribution in [-0.4, -0.2) is 13.0 Å². The lowest BCUT2D eigenvalue weighted by atomic mass is 9.79. The highest BCUT2D eigenvalue weighted by Gasteiger charge is 2.31. The van der Waals surface area contributed by atoms with Crippen LogP contribution in [0.3, 0.4) is 0 Å². The van der Waals surface area contributed by atoms with Gasteiger partial charge in [0, 0.05) is 12.1 Å². The summed E-state index contributed by atoms with van der Waals surface area (Å²) in [5.74, 6) is 0.435. The Balaban J connectivity index is 2.30. The first-order valence-corrected chi connectivity index (χ1v) is 13.7. The number of nitrogens with zero attached hydrogens (tertiary/aromatic N) is 1. The zero-order chi connectivity index (χ0) is 24.1. The zero-order valence-electron chi connectivity index (χ0n) is 20.1. The average molecular weight is 500 g/mol. The van der Waals surface area contributed by atoms with E-state index in [1.807, 2.05) is 4.57 Å². The van der Waals surface area contributed by atoms with E-state index in [2.05, 4.69) is 59.7 Å². The SMILES string of the molecule is CC(C)(C)c1cc(-c2c(Cl)c(S(N)(=O)=O)c(Cl)n2CC2CCCCC2)cc(C(C)(C)C)c1. The Morgan fingerprint density at radius 3 is 1.88 bits per heavy atom. The Bertz CT molecular complexity index is 1070. The Kier molecular flexibility index (Phi) is 7.18. The van der Waals surface area contributed by atoms with Gasteiger partial charge in [-0.05, 0) is 52.8 Å². The van der Waals surface area contributed by atoms with Crippen molar-refractivity contribution in [1.29, 1.82) is 0 Å². The first kappa shape index (κ1) is 25.6. The molecule has 1 aliphatic rings. The number of halogens is 2. The van der Waals surface area contributed by atoms with Gasteiger partial charge in [0.1, 0.15) is 10.0 Å². The van der Waals surface area contributed by atoms with E-state index in [4.69, 9.17) is 28.3 Å². The van der Waals surface area contributed by atoms with E-state index in [0.29, 0.717) is 18.2 Å². The fourth-order valence-electron chi connectivity index (χ4n) is 4.49. The molecule has 0 radical (unpaired) electrons. The topological polar surface area (TPSA) is 65.1 Å². The number of sulfonamides is 1. The number of nitrogens with two attached hydrogens (primary N) is 1. The molecule has 1 saturated carbocycles. The van der Waals surface area contributed by atoms with E-state index in [0.717, 1.165) is 29.5 Å². The standard InChI is InChI=1S/C25H36Cl2N2O2S/c1-24(2,3)18-12-17(13-19(14-18)25(4,5)6)21-20(26)22(32(28,30)31)23(27)29(21)15-16-10-8-7-9-11-16/h12-14,16H,7-11,15H2,1-6H3,(H2,28,30,31). The third-order valence-electron chi connectivity index (χ3n) is 6.49. The molecule has 0 spiro atoms. The van der Waals surface area contributed by atoms with Gasteiger partial charge >= 0.3 is 0 Å². The minimum absolute atomic E-state index is 0.0875. The van der Waals surface area contributed by atoms with Gasteiger partial charge in [-0.15, -0.1) is 0 Å². The van der Waals surface area contributed by atoms with Gasteiger partial charge in [-0.3, -0.25) is 0 Å². The van der Waals surface area contributed by atoms with E-state index in [1.54, 1.807) is 0 Å². The molecule has 1 heterocycles. The summed E-state index contributed by atoms with van der Waals surface area (Å²) in [6.45, 7) is 13.7. The summed E-state index contributed by atoms with van der Waals surface area (Å²) in [7, 11) is -4.08. The van der Waals surface area contributed by atoms with Crippen molar-refractivity contribution in [2.75, 3.05) is 0 Å². The fraction of sp³-hybridized carbons (Fsp3) is 0.600. The Labute approximate surface area is 203 Å². The zero-order valence-corrected chi connectivity index (χ0v) is 22.4. The lowest BCUT2D eigenvalue weighted by molar-refractivity contribution is 0.320. The lowest BCUT2D eigenvalue weighted by Gasteiger charge is -2.27. The predicted octanol–water partition coefficient (Wildman–Crippen LogP) is 7.28. The molecule has 1 aliphatic carbocycles. The van der Waals surface area contributed by atoms with Crippen molar-refractivity contribution in [1.82, 2.24) is 4.57 Å². The number of hydrogen-bond acceptors (Lipinski definition) is 2. The van der Waals surface area contributed by atoms with Crippen molar-refractivity contribution in [2.24, 2.45) is 11.1 Å². The van der Waals surface area contributed by atoms with Gasteiger partial charge in [0.2, 0.25) is 10.0 Å². The van der Waals surface area contributed by atoms with E-state index in [-0.39, 0.29) is 25.9 Å². The van der Waals surface area contributed by atoms with E-state index < -0.39 is 10.0 Å². The molecular weight excluding hydrogens is 463 g/mol. The molecule has 1 aromatic heterocycles. The molecule has 3 rings (SSSR count). The summed E-state index contributed by atoms with van der Waals surface area (Å²) in [6, 6.07) is 6.45. The summed E-state index contributed by atoms with van der Waals surface area (Å²) < 4.78 is 26.7. The fourth-order valence-corrected chi connectivity index (χ4v) is 6.43. The van der Waals surface area contributed by atoms with Crippen LogP contribution < -0.4 is 5.14 Å². The van der Waals surface area contributed by atoms with Crippen LogP contribution >= 0.6 is 23.2 Å². The minimum Gasteiger partial charge on any atom is -0.329 e. The van der Waals surface area contributed by atoms with Gasteiger partial charge < -0.3 is 4.57 Å². The van der Waals surface area contributed by atoms with Crippen LogP contribution in [0.15, 0.2) is 23.1 Å². The Hall–Kier alpha value is -1.01. The van der Waals surface area contributed by atoms with Crippen molar-refractivity contribution in [3.05, 3.63) is 39.5 Å². The summed E-state index contributed by atoms with van der Waals surface area (Å²) in [5.41, 5.74) is 3.67. The number of rotatable bonds is 4. The second kappa shape index (κ2) is 8.98. The third-order valence-corrected chi connectivity index (χ3v) is 8.44. The second-order valence-electron chi connectivity index (χ2n) is 11.2. The molecule has 0 bridgehead atoms. The molecule has 178 valence electrons. The van der Waals surface area contributed by atoms with Crippen molar-refractivity contribution < 1.29 is 8.42 Å². The van der Waals surface area contributed by atoms with E-state index >= 15 is 0 Å². The van der Waals surface area contributed by atoms with Gasteiger partial charge in [0.05, 0.1) is 10.7 Å². The molecule has 0 unspecified atom stereocenters. The highest BCUT2D eigenvalue weighted by molar-refractivity contribution is 7.89. The Morgan fingerprint density at radius 2 is 1.44 bits per heavy atom. The summed E-state index contributed by atoms with van der Waals surface area (Å²) in [4.78, 5) is -0.176. The van der Waals surface area contributed by atoms with Gasteiger partial charge in [-0.25, -0.2) is 13.6 Å². The quantitative estimate of drug-likeness (QED) is 0.480. The van der Waals surface area contributed by atoms with Crippen molar-refractivity contribution in [3.8, 4) is 11.3 Å². The molecule has 0 amide bonds. The van der Waals surface area contributed by atoms with Gasteiger partial charge in [0.25, 0.3) is 0 Å². The molecule has 0 saturated heterocycles. The summed E-state index contributed by atoms with van der Waals surface area (Å²) in [5, 5.41) is 5.76. The van der Waals surface area contributed by atoms with Crippen LogP contribution in [0.1, 0.15) is 84.8 Å². The monoisotopic (exact) mass is 498 g/mol. The van der Waals surface area contributed by atoms with Crippen LogP contribution in [0.2, 0.25) is 10.2 Å². The van der Waals surface area contributed by atoms with Crippen molar-refractivity contribution in [3.63, 3.8) is 0 Å². The van der Waals surface area contributed by atoms with E-state index in [1.165, 1.54) is 19.3 Å². The van der Waals surface area contributed by atoms with Crippen LogP contribution in [0, 0.1) is 5.92 Å². The van der Waals surface area contributed by atoms with Gasteiger partial charge in [0.15, 0.2) is 0 Å². The lowest BCUT2D eigenvalue weighted by Crippen LogP contribution is -2.18. The maximum atomic E-state index is 12.4. The molecule has 4 nitrogen and oxygen atoms in total. The predicted molar refractivity (Wildman–Crippen MR) is 135 cm³/mol. The van der Waals surface area contributed by atoms with Crippen LogP contribution in [0.25, 0.3) is 11.3 Å². The first-order chi connectivity index (χ1) is 14.6. The molecule has 32 heavy (non-hydrogen) atoms. The molecule has 7 heteroatoms. The highest BCUT2D eigenvalue weighted by atomic mass is 35.5. The van der Waals surface area contributed by atoms with Crippen molar-refractivity contribution >= 4 is 33.2 Å². The largest absolute Gasteiger partial charge is 0.329 e. The van der Waals surface area contributed by atoms with Crippen LogP contribution in [0.5, 0.6) is 0 Å². The van der Waals surface area contributed by atoms with Gasteiger partial charge in [-0.2, -0.15) is 0 Å². The Morgan fingerprint density at radius 1 is 0.938 bits per heavy atom. The smallest absolute Gasteiger partial charge is 0.242 e. The minimum atomic E-state index is -4.08. The normalized spacial score (nSPS) is 16.5. The number of hydrogen-bond donors (Lipinski definition) is 1. The molecular formula is C25H36Cl2N2O2S. The molecule has 0 atom stereocenters. The molecule has 1 aromatic carbocycles. The second-order valence-corrected chi connectivity index (χ2v) is 13.5. The molecule has 1 fully saturated rings. The number of aromatic nitrogens is 1. The number of primary sulfonamides is 1. The molecule has 2 N–H and O–H groups in total. The molecule has 0 aliphatic heterocycles. The van der Waals surface area contributed by atoms with Gasteiger partial charge in [-0.1, -0.05) is 90.1 Å². The third kappa shape index (κ3) is 5.38. The van der Waals surface area contributed by atoms with Crippen LogP contribution in [0.4, 0.5) is 0 Å². The first-order valence-electron chi connectivity index (χ1n) is 11.4. The maximum Gasteiger partial charge on any atom is 0.242 e. The van der Waals surface area contributed by atoms with E-state index in [9.17, 15) is 8.42 Å². The number of benzene rings is 1. The summed E-state index contributed by atoms with van der Waals surface area (Å²) >= 11 is 13.4. The summed E-state index contributed by atoms with van der Waals surface area (Å²) in [6.07, 6.45) is 5.82. The molecule has 2 aromatic rings. The average Bonchev–Trinajstić information content (AvgIpc) is 2.90. The highest BCUT2D eigenvalue weighted by Crippen LogP contribution is 2.44.